The number of nitrogens with zero attached hydrogens (tertiary/aromatic N) is 2. The summed E-state index contributed by atoms with van der Waals surface area (Å²) in [5, 5.41) is 24.8. The Labute approximate surface area is 214 Å². The van der Waals surface area contributed by atoms with Gasteiger partial charge >= 0.3 is 0 Å². The third kappa shape index (κ3) is 5.03. The molecule has 0 bridgehead atoms. The van der Waals surface area contributed by atoms with E-state index >= 15 is 0 Å². The van der Waals surface area contributed by atoms with Crippen molar-refractivity contribution in [3.05, 3.63) is 81.0 Å². The molecule has 0 amide bonds. The fourth-order valence-electron chi connectivity index (χ4n) is 4.73. The third-order valence-electron chi connectivity index (χ3n) is 7.02. The van der Waals surface area contributed by atoms with E-state index in [0.717, 1.165) is 42.6 Å². The summed E-state index contributed by atoms with van der Waals surface area (Å²) in [6.07, 6.45) is 6.63. The number of aliphatic hydroxyl groups is 1. The van der Waals surface area contributed by atoms with Crippen molar-refractivity contribution in [1.82, 2.24) is 5.16 Å². The Morgan fingerprint density at radius 1 is 1.17 bits per heavy atom. The summed E-state index contributed by atoms with van der Waals surface area (Å²) in [4.78, 5) is 0. The molecule has 0 radical (unpaired) electrons. The van der Waals surface area contributed by atoms with Gasteiger partial charge in [-0.3, -0.25) is 0 Å². The van der Waals surface area contributed by atoms with Crippen molar-refractivity contribution in [3.63, 3.8) is 0 Å². The molecule has 7 heteroatoms. The van der Waals surface area contributed by atoms with Crippen LogP contribution >= 0.6 is 23.2 Å². The number of aliphatic hydroxyl groups excluding tert-OH is 1. The monoisotopic (exact) mass is 508 g/mol. The van der Waals surface area contributed by atoms with Crippen LogP contribution in [0.2, 0.25) is 10.0 Å². The first-order chi connectivity index (χ1) is 17.0. The van der Waals surface area contributed by atoms with E-state index in [1.165, 1.54) is 5.57 Å². The number of benzene rings is 2. The van der Waals surface area contributed by atoms with Crippen molar-refractivity contribution in [2.45, 2.75) is 44.6 Å². The SMILES string of the molecule is N#Cc1cccc(C2=CCC(CO)(COCc3c(-c4c(Cl)cccc4Cl)noc3C3CC3)CC2)c1. The molecule has 1 N–H and O–H groups in total. The molecule has 0 spiro atoms. The Hall–Kier alpha value is -2.62. The van der Waals surface area contributed by atoms with Gasteiger partial charge in [-0.15, -0.1) is 0 Å². The van der Waals surface area contributed by atoms with E-state index in [4.69, 9.17) is 32.5 Å². The maximum absolute atomic E-state index is 10.3. The van der Waals surface area contributed by atoms with Crippen LogP contribution in [0.15, 0.2) is 53.1 Å². The fourth-order valence-corrected chi connectivity index (χ4v) is 5.31. The van der Waals surface area contributed by atoms with E-state index in [0.29, 0.717) is 52.4 Å². The van der Waals surface area contributed by atoms with E-state index in [-0.39, 0.29) is 12.0 Å². The largest absolute Gasteiger partial charge is 0.396 e. The van der Waals surface area contributed by atoms with E-state index in [9.17, 15) is 10.4 Å². The van der Waals surface area contributed by atoms with Gasteiger partial charge < -0.3 is 14.4 Å². The number of hydrogen-bond donors (Lipinski definition) is 1. The van der Waals surface area contributed by atoms with Crippen molar-refractivity contribution in [1.29, 1.82) is 5.26 Å². The number of aromatic nitrogens is 1. The third-order valence-corrected chi connectivity index (χ3v) is 7.65. The van der Waals surface area contributed by atoms with Gasteiger partial charge in [0.2, 0.25) is 0 Å². The Morgan fingerprint density at radius 2 is 1.94 bits per heavy atom. The first-order valence-corrected chi connectivity index (χ1v) is 12.6. The normalized spacial score (nSPS) is 19.9. The number of ether oxygens (including phenoxy) is 1. The minimum absolute atomic E-state index is 0.0390. The average Bonchev–Trinajstić information content (AvgIpc) is 3.65. The van der Waals surface area contributed by atoms with Gasteiger partial charge in [-0.2, -0.15) is 5.26 Å². The maximum Gasteiger partial charge on any atom is 0.145 e. The Kier molecular flexibility index (Phi) is 7.00. The van der Waals surface area contributed by atoms with Crippen LogP contribution < -0.4 is 0 Å². The lowest BCUT2D eigenvalue weighted by atomic mass is 9.75. The topological polar surface area (TPSA) is 79.3 Å². The van der Waals surface area contributed by atoms with Gasteiger partial charge in [-0.25, -0.2) is 0 Å². The zero-order valence-electron chi connectivity index (χ0n) is 19.3. The van der Waals surface area contributed by atoms with E-state index in [1.807, 2.05) is 24.3 Å². The van der Waals surface area contributed by atoms with Gasteiger partial charge in [0, 0.05) is 22.5 Å². The number of allylic oxidation sites excluding steroid dienone is 2. The van der Waals surface area contributed by atoms with Gasteiger partial charge in [0.15, 0.2) is 0 Å². The number of rotatable bonds is 8. The summed E-state index contributed by atoms with van der Waals surface area (Å²) in [7, 11) is 0. The molecule has 5 nitrogen and oxygen atoms in total. The van der Waals surface area contributed by atoms with Crippen molar-refractivity contribution in [3.8, 4) is 17.3 Å². The molecule has 2 aliphatic rings. The van der Waals surface area contributed by atoms with Crippen LogP contribution in [0.5, 0.6) is 0 Å². The summed E-state index contributed by atoms with van der Waals surface area (Å²) >= 11 is 12.9. The van der Waals surface area contributed by atoms with Gasteiger partial charge in [0.1, 0.15) is 11.5 Å². The van der Waals surface area contributed by atoms with Gasteiger partial charge in [-0.1, -0.05) is 52.6 Å². The van der Waals surface area contributed by atoms with Crippen LogP contribution in [0, 0.1) is 16.7 Å². The minimum Gasteiger partial charge on any atom is -0.396 e. The molecule has 2 aliphatic carbocycles. The molecule has 2 aromatic carbocycles. The molecule has 1 atom stereocenters. The molecule has 35 heavy (non-hydrogen) atoms. The van der Waals surface area contributed by atoms with Gasteiger partial charge in [-0.05, 0) is 67.5 Å². The van der Waals surface area contributed by atoms with E-state index in [1.54, 1.807) is 18.2 Å². The lowest BCUT2D eigenvalue weighted by Crippen LogP contribution is -2.32. The predicted molar refractivity (Wildman–Crippen MR) is 136 cm³/mol. The summed E-state index contributed by atoms with van der Waals surface area (Å²) < 4.78 is 12.0. The standard InChI is InChI=1S/C28H26Cl2N2O3/c29-23-5-2-6-24(30)25(23)26-22(27(35-32-26)20-7-8-20)15-34-17-28(16-33)11-9-19(10-12-28)21-4-1-3-18(13-21)14-31/h1-6,9,13,20,33H,7-8,10-12,15-17H2. The first-order valence-electron chi connectivity index (χ1n) is 11.8. The second-order valence-corrected chi connectivity index (χ2v) is 10.3. The van der Waals surface area contributed by atoms with Crippen molar-refractivity contribution >= 4 is 28.8 Å². The molecule has 3 aromatic rings. The Bertz CT molecular complexity index is 1290. The molecule has 5 rings (SSSR count). The van der Waals surface area contributed by atoms with Crippen LogP contribution in [0.1, 0.15) is 60.5 Å². The second kappa shape index (κ2) is 10.2. The second-order valence-electron chi connectivity index (χ2n) is 9.52. The maximum atomic E-state index is 10.3. The molecule has 1 saturated carbocycles. The highest BCUT2D eigenvalue weighted by Crippen LogP contribution is 2.46. The molecule has 1 heterocycles. The van der Waals surface area contributed by atoms with E-state index < -0.39 is 0 Å². The summed E-state index contributed by atoms with van der Waals surface area (Å²) in [6, 6.07) is 15.2. The van der Waals surface area contributed by atoms with Crippen molar-refractivity contribution in [2.24, 2.45) is 5.41 Å². The molecule has 1 aromatic heterocycles. The summed E-state index contributed by atoms with van der Waals surface area (Å²) in [6.45, 7) is 0.766. The van der Waals surface area contributed by atoms with Crippen LogP contribution in [0.25, 0.3) is 16.8 Å². The van der Waals surface area contributed by atoms with Crippen LogP contribution in [0.3, 0.4) is 0 Å². The highest BCUT2D eigenvalue weighted by atomic mass is 35.5. The first kappa shape index (κ1) is 24.1. The molecule has 1 fully saturated rings. The number of nitriles is 1. The van der Waals surface area contributed by atoms with Gasteiger partial charge in [0.25, 0.3) is 0 Å². The molecular formula is C28H26Cl2N2O3. The molecular weight excluding hydrogens is 483 g/mol. The highest BCUT2D eigenvalue weighted by molar-refractivity contribution is 6.39. The summed E-state index contributed by atoms with van der Waals surface area (Å²) in [5.74, 6) is 1.20. The number of hydrogen-bond acceptors (Lipinski definition) is 5. The Morgan fingerprint density at radius 3 is 2.60 bits per heavy atom. The minimum atomic E-state index is -0.352. The zero-order chi connectivity index (χ0) is 24.4. The van der Waals surface area contributed by atoms with Gasteiger partial charge in [0.05, 0.1) is 41.5 Å². The van der Waals surface area contributed by atoms with E-state index in [2.05, 4.69) is 17.3 Å². The molecule has 1 unspecified atom stereocenters. The average molecular weight is 509 g/mol. The summed E-state index contributed by atoms with van der Waals surface area (Å²) in [5.41, 5.74) is 4.75. The molecule has 0 aliphatic heterocycles. The Balaban J connectivity index is 1.32. The predicted octanol–water partition coefficient (Wildman–Crippen LogP) is 7.16. The van der Waals surface area contributed by atoms with Crippen LogP contribution in [0.4, 0.5) is 0 Å². The lowest BCUT2D eigenvalue weighted by molar-refractivity contribution is -0.00605. The quantitative estimate of drug-likeness (QED) is 0.349. The van der Waals surface area contributed by atoms with Crippen LogP contribution in [-0.4, -0.2) is 23.5 Å². The van der Waals surface area contributed by atoms with Crippen molar-refractivity contribution < 1.29 is 14.4 Å². The smallest absolute Gasteiger partial charge is 0.145 e. The molecule has 180 valence electrons. The zero-order valence-corrected chi connectivity index (χ0v) is 20.8. The van der Waals surface area contributed by atoms with Crippen molar-refractivity contribution in [2.75, 3.05) is 13.2 Å². The fraction of sp³-hybridized carbons (Fsp3) is 0.357. The highest BCUT2D eigenvalue weighted by Gasteiger charge is 2.35. The molecule has 0 saturated heterocycles. The lowest BCUT2D eigenvalue weighted by Gasteiger charge is -2.34. The van der Waals surface area contributed by atoms with Crippen LogP contribution in [-0.2, 0) is 11.3 Å². The number of halogens is 2.